The molecule has 2 rings (SSSR count). The number of rotatable bonds is 1. The van der Waals surface area contributed by atoms with E-state index < -0.39 is 15.1 Å². The Morgan fingerprint density at radius 2 is 2.31 bits per heavy atom. The fourth-order valence-electron chi connectivity index (χ4n) is 1.81. The maximum Gasteiger partial charge on any atom is 0.219 e. The van der Waals surface area contributed by atoms with Gasteiger partial charge in [-0.05, 0) is 11.4 Å². The summed E-state index contributed by atoms with van der Waals surface area (Å²) >= 11 is 1.43. The molecule has 0 radical (unpaired) electrons. The molecule has 1 aromatic heterocycles. The minimum Gasteiger partial charge on any atom is -0.340 e. The van der Waals surface area contributed by atoms with E-state index in [9.17, 15) is 13.2 Å². The molecule has 1 aromatic rings. The highest BCUT2D eigenvalue weighted by atomic mass is 32.2. The standard InChI is InChI=1S/C10H13NO3S2/c1-8(12)11-4-6-16(13,14)10(7-11)9-3-2-5-15-9/h2-3,5,10H,4,6-7H2,1H3. The van der Waals surface area contributed by atoms with E-state index in [4.69, 9.17) is 0 Å². The Morgan fingerprint density at radius 1 is 1.56 bits per heavy atom. The second-order valence-electron chi connectivity index (χ2n) is 3.84. The summed E-state index contributed by atoms with van der Waals surface area (Å²) in [5.41, 5.74) is 0. The third-order valence-corrected chi connectivity index (χ3v) is 5.93. The highest BCUT2D eigenvalue weighted by Crippen LogP contribution is 2.30. The zero-order chi connectivity index (χ0) is 11.8. The van der Waals surface area contributed by atoms with Crippen molar-refractivity contribution in [3.05, 3.63) is 22.4 Å². The molecule has 88 valence electrons. The molecule has 2 heterocycles. The summed E-state index contributed by atoms with van der Waals surface area (Å²) < 4.78 is 23.8. The van der Waals surface area contributed by atoms with Crippen LogP contribution < -0.4 is 0 Å². The van der Waals surface area contributed by atoms with E-state index >= 15 is 0 Å². The first-order chi connectivity index (χ1) is 7.50. The highest BCUT2D eigenvalue weighted by molar-refractivity contribution is 7.91. The van der Waals surface area contributed by atoms with Crippen LogP contribution >= 0.6 is 11.3 Å². The highest BCUT2D eigenvalue weighted by Gasteiger charge is 2.35. The van der Waals surface area contributed by atoms with E-state index in [0.717, 1.165) is 4.88 Å². The largest absolute Gasteiger partial charge is 0.340 e. The molecule has 1 atom stereocenters. The first kappa shape index (κ1) is 11.6. The summed E-state index contributed by atoms with van der Waals surface area (Å²) in [4.78, 5) is 13.7. The summed E-state index contributed by atoms with van der Waals surface area (Å²) in [6.45, 7) is 2.08. The van der Waals surface area contributed by atoms with E-state index in [0.29, 0.717) is 6.54 Å². The SMILES string of the molecule is CC(=O)N1CCS(=O)(=O)C(c2cccs2)C1. The Morgan fingerprint density at radius 3 is 2.88 bits per heavy atom. The third-order valence-electron chi connectivity index (χ3n) is 2.77. The summed E-state index contributed by atoms with van der Waals surface area (Å²) in [5, 5.41) is 1.32. The summed E-state index contributed by atoms with van der Waals surface area (Å²) in [7, 11) is -3.10. The minimum absolute atomic E-state index is 0.0588. The van der Waals surface area contributed by atoms with Gasteiger partial charge in [0.05, 0.1) is 5.75 Å². The van der Waals surface area contributed by atoms with Gasteiger partial charge in [0.1, 0.15) is 5.25 Å². The summed E-state index contributed by atoms with van der Waals surface area (Å²) in [6.07, 6.45) is 0. The number of amides is 1. The van der Waals surface area contributed by atoms with Gasteiger partial charge in [-0.1, -0.05) is 6.07 Å². The average Bonchev–Trinajstić information content (AvgIpc) is 2.69. The van der Waals surface area contributed by atoms with Crippen molar-refractivity contribution in [2.45, 2.75) is 12.2 Å². The first-order valence-corrected chi connectivity index (χ1v) is 7.61. The number of thiophene rings is 1. The van der Waals surface area contributed by atoms with E-state index in [1.54, 1.807) is 4.90 Å². The lowest BCUT2D eigenvalue weighted by atomic mass is 10.3. The monoisotopic (exact) mass is 259 g/mol. The minimum atomic E-state index is -3.10. The molecular weight excluding hydrogens is 246 g/mol. The predicted octanol–water partition coefficient (Wildman–Crippen LogP) is 1.07. The maximum absolute atomic E-state index is 11.9. The van der Waals surface area contributed by atoms with Crippen LogP contribution in [0.5, 0.6) is 0 Å². The number of nitrogens with zero attached hydrogens (tertiary/aromatic N) is 1. The molecule has 6 heteroatoms. The van der Waals surface area contributed by atoms with E-state index in [1.165, 1.54) is 18.3 Å². The van der Waals surface area contributed by atoms with E-state index in [2.05, 4.69) is 0 Å². The van der Waals surface area contributed by atoms with Crippen molar-refractivity contribution in [3.63, 3.8) is 0 Å². The van der Waals surface area contributed by atoms with Gasteiger partial charge in [-0.2, -0.15) is 0 Å². The number of hydrogen-bond acceptors (Lipinski definition) is 4. The smallest absolute Gasteiger partial charge is 0.219 e. The average molecular weight is 259 g/mol. The quantitative estimate of drug-likeness (QED) is 0.758. The van der Waals surface area contributed by atoms with Crippen LogP contribution in [0.4, 0.5) is 0 Å². The van der Waals surface area contributed by atoms with E-state index in [1.807, 2.05) is 17.5 Å². The molecule has 16 heavy (non-hydrogen) atoms. The molecule has 1 unspecified atom stereocenters. The molecule has 0 saturated carbocycles. The van der Waals surface area contributed by atoms with Crippen LogP contribution in [0.15, 0.2) is 17.5 Å². The molecule has 1 amide bonds. The van der Waals surface area contributed by atoms with Gasteiger partial charge in [-0.25, -0.2) is 8.42 Å². The molecule has 1 fully saturated rings. The van der Waals surface area contributed by atoms with Gasteiger partial charge in [-0.15, -0.1) is 11.3 Å². The zero-order valence-corrected chi connectivity index (χ0v) is 10.6. The Kier molecular flexibility index (Phi) is 3.03. The number of carbonyl (C=O) groups is 1. The third kappa shape index (κ3) is 2.12. The Hall–Kier alpha value is -0.880. The second-order valence-corrected chi connectivity index (χ2v) is 7.12. The lowest BCUT2D eigenvalue weighted by Gasteiger charge is -2.31. The van der Waals surface area contributed by atoms with Crippen molar-refractivity contribution in [1.82, 2.24) is 4.90 Å². The fourth-order valence-corrected chi connectivity index (χ4v) is 4.72. The van der Waals surface area contributed by atoms with Crippen LogP contribution in [0, 0.1) is 0 Å². The molecule has 1 aliphatic heterocycles. The summed E-state index contributed by atoms with van der Waals surface area (Å²) in [6, 6.07) is 3.65. The van der Waals surface area contributed by atoms with Crippen molar-refractivity contribution in [2.24, 2.45) is 0 Å². The summed E-state index contributed by atoms with van der Waals surface area (Å²) in [5.74, 6) is 0.00579. The van der Waals surface area contributed by atoms with Gasteiger partial charge in [-0.3, -0.25) is 4.79 Å². The Bertz CT molecular complexity index is 478. The van der Waals surface area contributed by atoms with Crippen LogP contribution in [0.3, 0.4) is 0 Å². The molecule has 0 bridgehead atoms. The predicted molar refractivity (Wildman–Crippen MR) is 63.1 cm³/mol. The van der Waals surface area contributed by atoms with Gasteiger partial charge < -0.3 is 4.90 Å². The molecule has 0 spiro atoms. The lowest BCUT2D eigenvalue weighted by molar-refractivity contribution is -0.128. The van der Waals surface area contributed by atoms with Gasteiger partial charge in [0, 0.05) is 24.9 Å². The molecule has 4 nitrogen and oxygen atoms in total. The molecular formula is C10H13NO3S2. The molecule has 1 saturated heterocycles. The van der Waals surface area contributed by atoms with Crippen LogP contribution in [-0.4, -0.2) is 38.1 Å². The first-order valence-electron chi connectivity index (χ1n) is 5.01. The number of hydrogen-bond donors (Lipinski definition) is 0. The second kappa shape index (κ2) is 4.18. The van der Waals surface area contributed by atoms with Crippen LogP contribution in [0.1, 0.15) is 17.1 Å². The van der Waals surface area contributed by atoms with Crippen molar-refractivity contribution in [1.29, 1.82) is 0 Å². The molecule has 1 aliphatic rings. The zero-order valence-electron chi connectivity index (χ0n) is 8.92. The molecule has 0 aliphatic carbocycles. The topological polar surface area (TPSA) is 54.5 Å². The van der Waals surface area contributed by atoms with Crippen LogP contribution in [0.25, 0.3) is 0 Å². The van der Waals surface area contributed by atoms with Crippen LogP contribution in [-0.2, 0) is 14.6 Å². The molecule has 0 N–H and O–H groups in total. The normalized spacial score (nSPS) is 24.3. The van der Waals surface area contributed by atoms with Gasteiger partial charge in [0.25, 0.3) is 0 Å². The maximum atomic E-state index is 11.9. The lowest BCUT2D eigenvalue weighted by Crippen LogP contribution is -2.44. The van der Waals surface area contributed by atoms with Crippen molar-refractivity contribution in [2.75, 3.05) is 18.8 Å². The van der Waals surface area contributed by atoms with E-state index in [-0.39, 0.29) is 18.2 Å². The van der Waals surface area contributed by atoms with Crippen molar-refractivity contribution in [3.8, 4) is 0 Å². The fraction of sp³-hybridized carbons (Fsp3) is 0.500. The van der Waals surface area contributed by atoms with Crippen molar-refractivity contribution < 1.29 is 13.2 Å². The van der Waals surface area contributed by atoms with Gasteiger partial charge >= 0.3 is 0 Å². The van der Waals surface area contributed by atoms with Crippen molar-refractivity contribution >= 4 is 27.1 Å². The Labute approximate surface area is 98.8 Å². The molecule has 0 aromatic carbocycles. The number of carbonyl (C=O) groups excluding carboxylic acids is 1. The van der Waals surface area contributed by atoms with Gasteiger partial charge in [0.2, 0.25) is 5.91 Å². The Balaban J connectivity index is 2.29. The van der Waals surface area contributed by atoms with Gasteiger partial charge in [0.15, 0.2) is 9.84 Å². The van der Waals surface area contributed by atoms with Crippen LogP contribution in [0.2, 0.25) is 0 Å². The number of sulfone groups is 1.